The van der Waals surface area contributed by atoms with E-state index in [4.69, 9.17) is 16.0 Å². The van der Waals surface area contributed by atoms with Crippen LogP contribution in [0.4, 0.5) is 5.69 Å². The van der Waals surface area contributed by atoms with E-state index in [1.807, 2.05) is 0 Å². The highest BCUT2D eigenvalue weighted by Crippen LogP contribution is 2.33. The highest BCUT2D eigenvalue weighted by atomic mass is 35.5. The third kappa shape index (κ3) is 3.10. The molecular formula is C19H12ClN3O3. The number of hydrogen-bond acceptors (Lipinski definition) is 5. The van der Waals surface area contributed by atoms with Crippen molar-refractivity contribution in [1.82, 2.24) is 9.97 Å². The fourth-order valence-corrected chi connectivity index (χ4v) is 2.71. The van der Waals surface area contributed by atoms with Crippen LogP contribution in [0.3, 0.4) is 0 Å². The van der Waals surface area contributed by atoms with E-state index in [-0.39, 0.29) is 17.5 Å². The number of phenols is 1. The summed E-state index contributed by atoms with van der Waals surface area (Å²) in [5.74, 6) is -0.112. The maximum atomic E-state index is 12.3. The number of aromatic nitrogens is 2. The third-order valence-corrected chi connectivity index (χ3v) is 4.00. The molecule has 4 aromatic rings. The van der Waals surface area contributed by atoms with E-state index in [1.165, 1.54) is 6.07 Å². The molecule has 4 rings (SSSR count). The number of carbonyl (C=O) groups is 1. The predicted octanol–water partition coefficient (Wildman–Crippen LogP) is 4.50. The van der Waals surface area contributed by atoms with Crippen LogP contribution in [0.5, 0.6) is 5.75 Å². The first-order chi connectivity index (χ1) is 12.6. The van der Waals surface area contributed by atoms with Gasteiger partial charge in [-0.2, -0.15) is 0 Å². The Morgan fingerprint density at radius 2 is 2.04 bits per heavy atom. The van der Waals surface area contributed by atoms with Crippen LogP contribution in [0, 0.1) is 0 Å². The summed E-state index contributed by atoms with van der Waals surface area (Å²) >= 11 is 5.90. The molecule has 128 valence electrons. The van der Waals surface area contributed by atoms with E-state index in [2.05, 4.69) is 15.3 Å². The SMILES string of the molecule is O=C(Nc1ccc(-c2nc3cnccc3o2)c(O)c1)c1cccc(Cl)c1. The van der Waals surface area contributed by atoms with Crippen molar-refractivity contribution in [2.45, 2.75) is 0 Å². The van der Waals surface area contributed by atoms with Crippen LogP contribution >= 0.6 is 11.6 Å². The van der Waals surface area contributed by atoms with E-state index in [0.717, 1.165) is 0 Å². The molecule has 1 amide bonds. The number of oxazole rings is 1. The van der Waals surface area contributed by atoms with Gasteiger partial charge in [0.1, 0.15) is 11.3 Å². The number of carbonyl (C=O) groups excluding carboxylic acids is 1. The molecule has 0 saturated heterocycles. The fourth-order valence-electron chi connectivity index (χ4n) is 2.52. The summed E-state index contributed by atoms with van der Waals surface area (Å²) in [6.07, 6.45) is 3.19. The van der Waals surface area contributed by atoms with Crippen molar-refractivity contribution in [3.05, 3.63) is 71.5 Å². The molecule has 7 heteroatoms. The number of aromatic hydroxyl groups is 1. The van der Waals surface area contributed by atoms with E-state index in [9.17, 15) is 9.90 Å². The third-order valence-electron chi connectivity index (χ3n) is 3.76. The van der Waals surface area contributed by atoms with Gasteiger partial charge in [0.15, 0.2) is 5.58 Å². The van der Waals surface area contributed by atoms with Crippen LogP contribution in [0.1, 0.15) is 10.4 Å². The molecule has 2 N–H and O–H groups in total. The molecule has 0 unspecified atom stereocenters. The Morgan fingerprint density at radius 1 is 1.15 bits per heavy atom. The second-order valence-electron chi connectivity index (χ2n) is 5.56. The van der Waals surface area contributed by atoms with Crippen LogP contribution in [-0.4, -0.2) is 21.0 Å². The number of hydrogen-bond donors (Lipinski definition) is 2. The molecule has 0 aliphatic carbocycles. The van der Waals surface area contributed by atoms with Crippen LogP contribution in [0.25, 0.3) is 22.6 Å². The maximum absolute atomic E-state index is 12.3. The lowest BCUT2D eigenvalue weighted by Gasteiger charge is -2.07. The number of phenolic OH excluding ortho intramolecular Hbond substituents is 1. The van der Waals surface area contributed by atoms with Gasteiger partial charge in [-0.1, -0.05) is 17.7 Å². The first kappa shape index (κ1) is 16.1. The lowest BCUT2D eigenvalue weighted by Crippen LogP contribution is -2.11. The Bertz CT molecular complexity index is 1090. The van der Waals surface area contributed by atoms with Gasteiger partial charge in [-0.05, 0) is 30.3 Å². The summed E-state index contributed by atoms with van der Waals surface area (Å²) in [5.41, 5.74) is 2.46. The molecular weight excluding hydrogens is 354 g/mol. The summed E-state index contributed by atoms with van der Waals surface area (Å²) in [6.45, 7) is 0. The summed E-state index contributed by atoms with van der Waals surface area (Å²) in [6, 6.07) is 13.0. The summed E-state index contributed by atoms with van der Waals surface area (Å²) in [5, 5.41) is 13.5. The molecule has 0 atom stereocenters. The van der Waals surface area contributed by atoms with Crippen LogP contribution in [-0.2, 0) is 0 Å². The predicted molar refractivity (Wildman–Crippen MR) is 98.3 cm³/mol. The number of nitrogens with one attached hydrogen (secondary N) is 1. The van der Waals surface area contributed by atoms with Crippen molar-refractivity contribution in [2.75, 3.05) is 5.32 Å². The second kappa shape index (κ2) is 6.50. The van der Waals surface area contributed by atoms with Crippen LogP contribution < -0.4 is 5.32 Å². The zero-order chi connectivity index (χ0) is 18.1. The van der Waals surface area contributed by atoms with Crippen LogP contribution in [0.15, 0.2) is 65.3 Å². The fraction of sp³-hybridized carbons (Fsp3) is 0. The zero-order valence-electron chi connectivity index (χ0n) is 13.3. The number of amides is 1. The van der Waals surface area contributed by atoms with Gasteiger partial charge < -0.3 is 14.8 Å². The minimum atomic E-state index is -0.326. The number of nitrogens with zero attached hydrogens (tertiary/aromatic N) is 2. The summed E-state index contributed by atoms with van der Waals surface area (Å²) in [7, 11) is 0. The van der Waals surface area contributed by atoms with Gasteiger partial charge in [-0.25, -0.2) is 4.98 Å². The number of rotatable bonds is 3. The molecule has 2 aromatic carbocycles. The molecule has 0 bridgehead atoms. The molecule has 0 aliphatic heterocycles. The highest BCUT2D eigenvalue weighted by Gasteiger charge is 2.14. The second-order valence-corrected chi connectivity index (χ2v) is 6.00. The first-order valence-electron chi connectivity index (χ1n) is 7.71. The molecule has 0 fully saturated rings. The molecule has 26 heavy (non-hydrogen) atoms. The summed E-state index contributed by atoms with van der Waals surface area (Å²) < 4.78 is 5.63. The number of fused-ring (bicyclic) bond motifs is 1. The zero-order valence-corrected chi connectivity index (χ0v) is 14.1. The highest BCUT2D eigenvalue weighted by molar-refractivity contribution is 6.31. The van der Waals surface area contributed by atoms with Gasteiger partial charge in [-0.15, -0.1) is 0 Å². The molecule has 2 heterocycles. The minimum absolute atomic E-state index is 0.0617. The average Bonchev–Trinajstić information content (AvgIpc) is 3.05. The Hall–Kier alpha value is -3.38. The largest absolute Gasteiger partial charge is 0.507 e. The lowest BCUT2D eigenvalue weighted by atomic mass is 10.1. The van der Waals surface area contributed by atoms with Gasteiger partial charge in [0.25, 0.3) is 5.91 Å². The van der Waals surface area contributed by atoms with Crippen molar-refractivity contribution in [3.8, 4) is 17.2 Å². The minimum Gasteiger partial charge on any atom is -0.507 e. The van der Waals surface area contributed by atoms with E-state index >= 15 is 0 Å². The topological polar surface area (TPSA) is 88.3 Å². The molecule has 6 nitrogen and oxygen atoms in total. The molecule has 0 saturated carbocycles. The number of benzene rings is 2. The van der Waals surface area contributed by atoms with Crippen molar-refractivity contribution >= 4 is 34.3 Å². The molecule has 0 aliphatic rings. The molecule has 0 spiro atoms. The average molecular weight is 366 g/mol. The number of pyridine rings is 1. The number of anilines is 1. The van der Waals surface area contributed by atoms with E-state index in [0.29, 0.717) is 32.9 Å². The van der Waals surface area contributed by atoms with Gasteiger partial charge in [0, 0.05) is 34.6 Å². The number of halogens is 1. The summed E-state index contributed by atoms with van der Waals surface area (Å²) in [4.78, 5) is 20.5. The Kier molecular flexibility index (Phi) is 4.02. The van der Waals surface area contributed by atoms with Crippen molar-refractivity contribution in [2.24, 2.45) is 0 Å². The van der Waals surface area contributed by atoms with E-state index in [1.54, 1.807) is 54.9 Å². The van der Waals surface area contributed by atoms with Crippen LogP contribution in [0.2, 0.25) is 5.02 Å². The van der Waals surface area contributed by atoms with Gasteiger partial charge in [0.05, 0.1) is 11.8 Å². The first-order valence-corrected chi connectivity index (χ1v) is 8.09. The molecule has 2 aromatic heterocycles. The maximum Gasteiger partial charge on any atom is 0.255 e. The van der Waals surface area contributed by atoms with Gasteiger partial charge in [0.2, 0.25) is 5.89 Å². The van der Waals surface area contributed by atoms with Crippen molar-refractivity contribution in [3.63, 3.8) is 0 Å². The van der Waals surface area contributed by atoms with E-state index < -0.39 is 0 Å². The Morgan fingerprint density at radius 3 is 2.81 bits per heavy atom. The van der Waals surface area contributed by atoms with Crippen molar-refractivity contribution < 1.29 is 14.3 Å². The monoisotopic (exact) mass is 365 g/mol. The normalized spacial score (nSPS) is 10.8. The Labute approximate surface area is 153 Å². The Balaban J connectivity index is 1.60. The van der Waals surface area contributed by atoms with Gasteiger partial charge >= 0.3 is 0 Å². The smallest absolute Gasteiger partial charge is 0.255 e. The van der Waals surface area contributed by atoms with Crippen molar-refractivity contribution in [1.29, 1.82) is 0 Å². The van der Waals surface area contributed by atoms with Gasteiger partial charge in [-0.3, -0.25) is 9.78 Å². The lowest BCUT2D eigenvalue weighted by molar-refractivity contribution is 0.102. The standard InChI is InChI=1S/C19H12ClN3O3/c20-12-3-1-2-11(8-12)18(25)22-13-4-5-14(16(24)9-13)19-23-15-10-21-7-6-17(15)26-19/h1-10,24H,(H,22,25). The molecule has 0 radical (unpaired) electrons. The quantitative estimate of drug-likeness (QED) is 0.558.